The number of ether oxygens (including phenoxy) is 1. The van der Waals surface area contributed by atoms with Gasteiger partial charge >= 0.3 is 0 Å². The molecule has 1 aliphatic rings. The van der Waals surface area contributed by atoms with Gasteiger partial charge in [0.25, 0.3) is 0 Å². The topological polar surface area (TPSA) is 55.6 Å². The lowest BCUT2D eigenvalue weighted by atomic mass is 10.1. The average molecular weight is 292 g/mol. The van der Waals surface area contributed by atoms with Gasteiger partial charge in [0.05, 0.1) is 11.5 Å². The summed E-state index contributed by atoms with van der Waals surface area (Å²) in [7, 11) is 0. The molecular formula is C15H20N2O2S. The summed E-state index contributed by atoms with van der Waals surface area (Å²) in [5.41, 5.74) is 6.58. The van der Waals surface area contributed by atoms with Gasteiger partial charge in [-0.25, -0.2) is 0 Å². The van der Waals surface area contributed by atoms with Gasteiger partial charge in [-0.2, -0.15) is 0 Å². The Kier molecular flexibility index (Phi) is 4.95. The van der Waals surface area contributed by atoms with Crippen LogP contribution in [0.5, 0.6) is 5.75 Å². The minimum absolute atomic E-state index is 0.230. The van der Waals surface area contributed by atoms with Crippen LogP contribution in [0.2, 0.25) is 0 Å². The average Bonchev–Trinajstić information content (AvgIpc) is 2.69. The third kappa shape index (κ3) is 4.20. The van der Waals surface area contributed by atoms with E-state index in [0.29, 0.717) is 36.9 Å². The summed E-state index contributed by atoms with van der Waals surface area (Å²) in [4.78, 5) is 14.0. The van der Waals surface area contributed by atoms with Crippen molar-refractivity contribution in [2.75, 3.05) is 19.7 Å². The largest absolute Gasteiger partial charge is 0.492 e. The van der Waals surface area contributed by atoms with Gasteiger partial charge in [0, 0.05) is 19.4 Å². The van der Waals surface area contributed by atoms with Crippen LogP contribution in [-0.2, 0) is 11.2 Å². The van der Waals surface area contributed by atoms with Crippen LogP contribution >= 0.6 is 12.2 Å². The van der Waals surface area contributed by atoms with E-state index in [9.17, 15) is 4.79 Å². The van der Waals surface area contributed by atoms with Crippen LogP contribution in [0.15, 0.2) is 24.3 Å². The Morgan fingerprint density at radius 2 is 2.15 bits per heavy atom. The van der Waals surface area contributed by atoms with Crippen molar-refractivity contribution in [3.8, 4) is 5.75 Å². The lowest BCUT2D eigenvalue weighted by Gasteiger charge is -2.16. The number of hydrogen-bond donors (Lipinski definition) is 1. The predicted octanol–water partition coefficient (Wildman–Crippen LogP) is 1.76. The zero-order valence-corrected chi connectivity index (χ0v) is 12.5. The molecule has 1 aliphatic heterocycles. The van der Waals surface area contributed by atoms with Crippen LogP contribution < -0.4 is 10.5 Å². The second-order valence-electron chi connectivity index (χ2n) is 5.28. The Balaban J connectivity index is 1.77. The fourth-order valence-corrected chi connectivity index (χ4v) is 2.53. The number of nitrogens with two attached hydrogens (primary N) is 1. The molecule has 108 valence electrons. The van der Waals surface area contributed by atoms with Crippen molar-refractivity contribution >= 4 is 23.1 Å². The molecule has 0 radical (unpaired) electrons. The van der Waals surface area contributed by atoms with Crippen molar-refractivity contribution in [3.63, 3.8) is 0 Å². The van der Waals surface area contributed by atoms with Gasteiger partial charge in [0.2, 0.25) is 5.91 Å². The molecule has 0 aliphatic carbocycles. The fourth-order valence-electron chi connectivity index (χ4n) is 2.36. The molecule has 20 heavy (non-hydrogen) atoms. The summed E-state index contributed by atoms with van der Waals surface area (Å²) < 4.78 is 5.65. The van der Waals surface area contributed by atoms with Crippen molar-refractivity contribution in [2.45, 2.75) is 19.8 Å². The Labute approximate surface area is 124 Å². The molecule has 1 fully saturated rings. The number of carbonyl (C=O) groups is 1. The van der Waals surface area contributed by atoms with Crippen LogP contribution in [0.4, 0.5) is 0 Å². The van der Waals surface area contributed by atoms with Crippen LogP contribution in [0, 0.1) is 5.92 Å². The second kappa shape index (κ2) is 6.70. The first-order chi connectivity index (χ1) is 9.54. The van der Waals surface area contributed by atoms with E-state index < -0.39 is 0 Å². The van der Waals surface area contributed by atoms with Gasteiger partial charge in [-0.05, 0) is 23.6 Å². The molecular weight excluding hydrogens is 272 g/mol. The highest BCUT2D eigenvalue weighted by Gasteiger charge is 2.25. The molecule has 1 atom stereocenters. The molecule has 1 amide bonds. The zero-order valence-electron chi connectivity index (χ0n) is 11.7. The minimum Gasteiger partial charge on any atom is -0.492 e. The molecule has 1 aromatic rings. The number of likely N-dealkylation sites (tertiary alicyclic amines) is 1. The fraction of sp³-hybridized carbons (Fsp3) is 0.467. The molecule has 1 saturated heterocycles. The zero-order chi connectivity index (χ0) is 14.5. The first-order valence-electron chi connectivity index (χ1n) is 6.82. The van der Waals surface area contributed by atoms with Gasteiger partial charge in [-0.15, -0.1) is 0 Å². The normalized spacial score (nSPS) is 18.4. The molecule has 0 spiro atoms. The van der Waals surface area contributed by atoms with E-state index in [2.05, 4.69) is 6.92 Å². The molecule has 4 nitrogen and oxygen atoms in total. The highest BCUT2D eigenvalue weighted by Crippen LogP contribution is 2.17. The highest BCUT2D eigenvalue weighted by atomic mass is 32.1. The Morgan fingerprint density at radius 1 is 1.45 bits per heavy atom. The Morgan fingerprint density at radius 3 is 2.70 bits per heavy atom. The maximum absolute atomic E-state index is 11.6. The number of rotatable bonds is 6. The molecule has 1 unspecified atom stereocenters. The number of hydrogen-bond acceptors (Lipinski definition) is 3. The van der Waals surface area contributed by atoms with Crippen molar-refractivity contribution in [3.05, 3.63) is 29.8 Å². The summed E-state index contributed by atoms with van der Waals surface area (Å²) in [6.07, 6.45) is 1.27. The molecule has 1 aromatic carbocycles. The SMILES string of the molecule is CC1CC(=O)N(CCOc2ccc(CC(N)=S)cc2)C1. The van der Waals surface area contributed by atoms with Crippen LogP contribution in [0.25, 0.3) is 0 Å². The number of amides is 1. The van der Waals surface area contributed by atoms with E-state index in [0.717, 1.165) is 17.9 Å². The van der Waals surface area contributed by atoms with E-state index >= 15 is 0 Å². The number of nitrogens with zero attached hydrogens (tertiary/aromatic N) is 1. The molecule has 1 heterocycles. The molecule has 5 heteroatoms. The van der Waals surface area contributed by atoms with Gasteiger partial charge in [0.1, 0.15) is 12.4 Å². The highest BCUT2D eigenvalue weighted by molar-refractivity contribution is 7.80. The lowest BCUT2D eigenvalue weighted by Crippen LogP contribution is -2.29. The first kappa shape index (κ1) is 14.8. The Hall–Kier alpha value is -1.62. The molecule has 0 aromatic heterocycles. The third-order valence-electron chi connectivity index (χ3n) is 3.34. The number of thiocarbonyl (C=S) groups is 1. The number of benzene rings is 1. The van der Waals surface area contributed by atoms with E-state index in [1.807, 2.05) is 29.2 Å². The van der Waals surface area contributed by atoms with Gasteiger partial charge in [-0.3, -0.25) is 4.79 Å². The van der Waals surface area contributed by atoms with Gasteiger partial charge < -0.3 is 15.4 Å². The lowest BCUT2D eigenvalue weighted by molar-refractivity contribution is -0.128. The summed E-state index contributed by atoms with van der Waals surface area (Å²) >= 11 is 4.87. The summed E-state index contributed by atoms with van der Waals surface area (Å²) in [6, 6.07) is 7.72. The van der Waals surface area contributed by atoms with Crippen molar-refractivity contribution in [2.24, 2.45) is 11.7 Å². The van der Waals surface area contributed by atoms with Crippen molar-refractivity contribution < 1.29 is 9.53 Å². The van der Waals surface area contributed by atoms with E-state index in [-0.39, 0.29) is 5.91 Å². The second-order valence-corrected chi connectivity index (χ2v) is 5.81. The third-order valence-corrected chi connectivity index (χ3v) is 3.48. The minimum atomic E-state index is 0.230. The monoisotopic (exact) mass is 292 g/mol. The summed E-state index contributed by atoms with van der Waals surface area (Å²) in [5, 5.41) is 0. The maximum Gasteiger partial charge on any atom is 0.223 e. The van der Waals surface area contributed by atoms with E-state index in [4.69, 9.17) is 22.7 Å². The molecule has 2 rings (SSSR count). The van der Waals surface area contributed by atoms with Crippen molar-refractivity contribution in [1.82, 2.24) is 4.90 Å². The predicted molar refractivity (Wildman–Crippen MR) is 82.8 cm³/mol. The molecule has 0 bridgehead atoms. The maximum atomic E-state index is 11.6. The number of carbonyl (C=O) groups excluding carboxylic acids is 1. The quantitative estimate of drug-likeness (QED) is 0.812. The summed E-state index contributed by atoms with van der Waals surface area (Å²) in [5.74, 6) is 1.49. The molecule has 0 saturated carbocycles. The molecule has 2 N–H and O–H groups in total. The van der Waals surface area contributed by atoms with E-state index in [1.165, 1.54) is 0 Å². The van der Waals surface area contributed by atoms with Crippen LogP contribution in [-0.4, -0.2) is 35.5 Å². The smallest absolute Gasteiger partial charge is 0.223 e. The van der Waals surface area contributed by atoms with Gasteiger partial charge in [-0.1, -0.05) is 31.3 Å². The van der Waals surface area contributed by atoms with Crippen LogP contribution in [0.1, 0.15) is 18.9 Å². The first-order valence-corrected chi connectivity index (χ1v) is 7.23. The summed E-state index contributed by atoms with van der Waals surface area (Å²) in [6.45, 7) is 4.11. The van der Waals surface area contributed by atoms with E-state index in [1.54, 1.807) is 0 Å². The van der Waals surface area contributed by atoms with Crippen molar-refractivity contribution in [1.29, 1.82) is 0 Å². The Bertz CT molecular complexity index is 487. The van der Waals surface area contributed by atoms with Gasteiger partial charge in [0.15, 0.2) is 0 Å². The van der Waals surface area contributed by atoms with Crippen LogP contribution in [0.3, 0.4) is 0 Å². The standard InChI is InChI=1S/C15H20N2O2S/c1-11-8-15(18)17(10-11)6-7-19-13-4-2-12(3-5-13)9-14(16)20/h2-5,11H,6-10H2,1H3,(H2,16,20).